The van der Waals surface area contributed by atoms with Crippen LogP contribution in [-0.4, -0.2) is 37.7 Å². The van der Waals surface area contributed by atoms with Crippen LogP contribution in [0.15, 0.2) is 72.8 Å². The van der Waals surface area contributed by atoms with E-state index in [1.54, 1.807) is 24.3 Å². The lowest BCUT2D eigenvalue weighted by molar-refractivity contribution is -0.141. The van der Waals surface area contributed by atoms with Crippen LogP contribution in [0.25, 0.3) is 0 Å². The Morgan fingerprint density at radius 2 is 0.981 bits per heavy atom. The Morgan fingerprint density at radius 3 is 1.30 bits per heavy atom. The standard InChI is InChI=1S/2C19H14ClF3O4/c2*1-26-18(25)7-10-6-16(24)14-9-12(3-4-13(10)14)27-17-5-2-11(8-15(17)20)19(21,22)23/h2*2-5,8-10H,6-7H2,1H3/t2*10-/m10/s1. The molecule has 0 N–H and O–H groups in total. The Kier molecular flexibility index (Phi) is 12.0. The van der Waals surface area contributed by atoms with E-state index in [1.807, 2.05) is 0 Å². The first-order valence-electron chi connectivity index (χ1n) is 15.9. The van der Waals surface area contributed by atoms with Crippen molar-refractivity contribution in [2.24, 2.45) is 0 Å². The van der Waals surface area contributed by atoms with Crippen LogP contribution in [0.3, 0.4) is 0 Å². The number of fused-ring (bicyclic) bond motifs is 2. The second-order valence-electron chi connectivity index (χ2n) is 12.2. The summed E-state index contributed by atoms with van der Waals surface area (Å²) in [6.45, 7) is 0. The lowest BCUT2D eigenvalue weighted by Crippen LogP contribution is -2.06. The van der Waals surface area contributed by atoms with Crippen molar-refractivity contribution in [2.45, 2.75) is 49.9 Å². The molecule has 284 valence electrons. The lowest BCUT2D eigenvalue weighted by Gasteiger charge is -2.13. The fourth-order valence-corrected chi connectivity index (χ4v) is 6.43. The fraction of sp³-hybridized carbons (Fsp3) is 0.263. The molecule has 0 fully saturated rings. The lowest BCUT2D eigenvalue weighted by atomic mass is 9.98. The van der Waals surface area contributed by atoms with Crippen molar-refractivity contribution in [1.82, 2.24) is 0 Å². The molecule has 0 saturated carbocycles. The summed E-state index contributed by atoms with van der Waals surface area (Å²) in [4.78, 5) is 47.4. The molecule has 0 aliphatic heterocycles. The van der Waals surface area contributed by atoms with Crippen LogP contribution in [0.4, 0.5) is 26.3 Å². The summed E-state index contributed by atoms with van der Waals surface area (Å²) < 4.78 is 96.6. The third-order valence-corrected chi connectivity index (χ3v) is 9.24. The van der Waals surface area contributed by atoms with Crippen LogP contribution in [0.5, 0.6) is 23.0 Å². The molecule has 0 saturated heterocycles. The quantitative estimate of drug-likeness (QED) is 0.128. The Hall–Kier alpha value is -5.08. The van der Waals surface area contributed by atoms with Crippen molar-refractivity contribution in [3.63, 3.8) is 0 Å². The number of carbonyl (C=O) groups excluding carboxylic acids is 4. The molecule has 6 rings (SSSR count). The number of Topliss-reactive ketones (excluding diaryl/α,β-unsaturated/α-hetero) is 2. The first kappa shape index (κ1) is 40.1. The predicted octanol–water partition coefficient (Wildman–Crippen LogP) is 10.8. The minimum atomic E-state index is -4.50. The van der Waals surface area contributed by atoms with Gasteiger partial charge in [-0.1, -0.05) is 35.3 Å². The van der Waals surface area contributed by atoms with Gasteiger partial charge in [0.2, 0.25) is 0 Å². The number of alkyl halides is 6. The summed E-state index contributed by atoms with van der Waals surface area (Å²) in [7, 11) is 2.56. The maximum Gasteiger partial charge on any atom is 0.416 e. The fourth-order valence-electron chi connectivity index (χ4n) is 5.99. The molecule has 2 aliphatic rings. The molecular weight excluding hydrogens is 769 g/mol. The number of hydrogen-bond acceptors (Lipinski definition) is 8. The number of methoxy groups -OCH3 is 2. The van der Waals surface area contributed by atoms with Crippen molar-refractivity contribution in [2.75, 3.05) is 14.2 Å². The zero-order chi connectivity index (χ0) is 39.5. The molecule has 4 aromatic rings. The molecule has 0 spiro atoms. The number of esters is 2. The number of hydrogen-bond donors (Lipinski definition) is 0. The van der Waals surface area contributed by atoms with E-state index in [1.165, 1.54) is 26.4 Å². The van der Waals surface area contributed by atoms with Gasteiger partial charge in [-0.2, -0.15) is 26.3 Å². The maximum atomic E-state index is 12.7. The van der Waals surface area contributed by atoms with Gasteiger partial charge in [0.15, 0.2) is 11.6 Å². The van der Waals surface area contributed by atoms with Crippen LogP contribution < -0.4 is 9.47 Å². The van der Waals surface area contributed by atoms with Gasteiger partial charge in [0, 0.05) is 35.8 Å². The van der Waals surface area contributed by atoms with E-state index in [4.69, 9.17) is 32.7 Å². The van der Waals surface area contributed by atoms with Crippen LogP contribution in [0.2, 0.25) is 10.0 Å². The molecule has 8 nitrogen and oxygen atoms in total. The molecule has 0 radical (unpaired) electrons. The molecule has 2 aliphatic carbocycles. The van der Waals surface area contributed by atoms with Crippen LogP contribution in [0.1, 0.15) is 80.5 Å². The SMILES string of the molecule is COC(=O)C[C@@H]1CC(=O)c2cc(Oc3ccc(C(F)(F)F)cc3Cl)ccc21.COC(=O)C[C@H]1CC(=O)c2cc(Oc3ccc(C(F)(F)F)cc3Cl)ccc21. The van der Waals surface area contributed by atoms with Crippen molar-refractivity contribution >= 4 is 46.7 Å². The van der Waals surface area contributed by atoms with Gasteiger partial charge in [0.1, 0.15) is 23.0 Å². The summed E-state index contributed by atoms with van der Waals surface area (Å²) in [6, 6.07) is 15.0. The van der Waals surface area contributed by atoms with Crippen LogP contribution in [0, 0.1) is 0 Å². The second-order valence-corrected chi connectivity index (χ2v) is 13.0. The monoisotopic (exact) mass is 796 g/mol. The van der Waals surface area contributed by atoms with E-state index >= 15 is 0 Å². The van der Waals surface area contributed by atoms with Gasteiger partial charge in [-0.3, -0.25) is 19.2 Å². The highest BCUT2D eigenvalue weighted by molar-refractivity contribution is 6.32. The summed E-state index contributed by atoms with van der Waals surface area (Å²) in [6.07, 6.45) is -8.43. The second kappa shape index (κ2) is 16.1. The molecule has 0 aromatic heterocycles. The van der Waals surface area contributed by atoms with Crippen LogP contribution >= 0.6 is 23.2 Å². The van der Waals surface area contributed by atoms with Gasteiger partial charge in [-0.15, -0.1) is 0 Å². The third kappa shape index (κ3) is 9.34. The van der Waals surface area contributed by atoms with Crippen LogP contribution in [-0.2, 0) is 31.4 Å². The van der Waals surface area contributed by atoms with Crippen molar-refractivity contribution in [3.05, 3.63) is 116 Å². The molecule has 0 amide bonds. The smallest absolute Gasteiger partial charge is 0.416 e. The Balaban J connectivity index is 0.000000208. The number of benzene rings is 4. The number of halogens is 8. The summed E-state index contributed by atoms with van der Waals surface area (Å²) in [5.74, 6) is -0.986. The van der Waals surface area contributed by atoms with Gasteiger partial charge < -0.3 is 18.9 Å². The van der Waals surface area contributed by atoms with Gasteiger partial charge in [-0.25, -0.2) is 0 Å². The summed E-state index contributed by atoms with van der Waals surface area (Å²) in [5, 5.41) is -0.388. The normalized spacial score (nSPS) is 16.2. The molecule has 2 atom stereocenters. The maximum absolute atomic E-state index is 12.7. The first-order chi connectivity index (χ1) is 25.4. The Morgan fingerprint density at radius 1 is 0.611 bits per heavy atom. The molecular formula is C38H28Cl2F6O8. The van der Waals surface area contributed by atoms with Gasteiger partial charge >= 0.3 is 24.3 Å². The summed E-state index contributed by atoms with van der Waals surface area (Å²) >= 11 is 11.8. The molecule has 54 heavy (non-hydrogen) atoms. The minimum Gasteiger partial charge on any atom is -0.469 e. The topological polar surface area (TPSA) is 105 Å². The van der Waals surface area contributed by atoms with Crippen molar-refractivity contribution in [1.29, 1.82) is 0 Å². The predicted molar refractivity (Wildman–Crippen MR) is 183 cm³/mol. The van der Waals surface area contributed by atoms with E-state index in [-0.39, 0.29) is 82.1 Å². The van der Waals surface area contributed by atoms with Crippen molar-refractivity contribution in [3.8, 4) is 23.0 Å². The molecule has 16 heteroatoms. The Labute approximate surface area is 313 Å². The number of rotatable bonds is 8. The largest absolute Gasteiger partial charge is 0.469 e. The molecule has 0 heterocycles. The molecule has 0 bridgehead atoms. The van der Waals surface area contributed by atoms with E-state index in [0.29, 0.717) is 11.1 Å². The highest BCUT2D eigenvalue weighted by atomic mass is 35.5. The number of ketones is 2. The average molecular weight is 798 g/mol. The highest BCUT2D eigenvalue weighted by Gasteiger charge is 2.34. The number of ether oxygens (including phenoxy) is 4. The Bertz CT molecular complexity index is 1970. The highest BCUT2D eigenvalue weighted by Crippen LogP contribution is 2.42. The zero-order valence-corrected chi connectivity index (χ0v) is 29.7. The van der Waals surface area contributed by atoms with E-state index in [2.05, 4.69) is 9.47 Å². The number of carbonyl (C=O) groups is 4. The van der Waals surface area contributed by atoms with E-state index < -0.39 is 35.4 Å². The van der Waals surface area contributed by atoms with Gasteiger partial charge in [-0.05, 0) is 71.8 Å². The van der Waals surface area contributed by atoms with Crippen molar-refractivity contribution < 1.29 is 64.5 Å². The average Bonchev–Trinajstić information content (AvgIpc) is 3.59. The summed E-state index contributed by atoms with van der Waals surface area (Å²) in [5.41, 5.74) is 0.519. The molecule has 0 unspecified atom stereocenters. The van der Waals surface area contributed by atoms with E-state index in [9.17, 15) is 45.5 Å². The molecule has 4 aromatic carbocycles. The van der Waals surface area contributed by atoms with E-state index in [0.717, 1.165) is 47.5 Å². The van der Waals surface area contributed by atoms with Gasteiger partial charge in [0.05, 0.1) is 48.2 Å². The van der Waals surface area contributed by atoms with Gasteiger partial charge in [0.25, 0.3) is 0 Å². The first-order valence-corrected chi connectivity index (χ1v) is 16.7. The minimum absolute atomic E-state index is 0.0428. The zero-order valence-electron chi connectivity index (χ0n) is 28.2. The third-order valence-electron chi connectivity index (χ3n) is 8.65.